The molecule has 1 aromatic heterocycles. The molecule has 2 heterocycles. The second kappa shape index (κ2) is 8.05. The van der Waals surface area contributed by atoms with Gasteiger partial charge in [0.25, 0.3) is 11.1 Å². The van der Waals surface area contributed by atoms with E-state index in [0.29, 0.717) is 4.91 Å². The van der Waals surface area contributed by atoms with Gasteiger partial charge in [0.2, 0.25) is 0 Å². The molecule has 6 heteroatoms. The van der Waals surface area contributed by atoms with E-state index in [1.807, 2.05) is 57.2 Å². The standard InChI is InChI=1S/C21H24N2O3S/c1-5-22-15(3)12-17(16(22)4)13-19-20(24)23(21(25)27-19)9-10-26-18-8-6-7-14(2)11-18/h6-8,11-13H,5,9-10H2,1-4H3/b19-13-. The fourth-order valence-corrected chi connectivity index (χ4v) is 4.11. The molecule has 1 saturated heterocycles. The van der Waals surface area contributed by atoms with Crippen molar-refractivity contribution in [2.24, 2.45) is 0 Å². The Morgan fingerprint density at radius 2 is 1.93 bits per heavy atom. The fourth-order valence-electron chi connectivity index (χ4n) is 3.25. The summed E-state index contributed by atoms with van der Waals surface area (Å²) in [6, 6.07) is 9.75. The predicted molar refractivity (Wildman–Crippen MR) is 109 cm³/mol. The summed E-state index contributed by atoms with van der Waals surface area (Å²) >= 11 is 0.990. The maximum atomic E-state index is 12.6. The van der Waals surface area contributed by atoms with Crippen LogP contribution >= 0.6 is 11.8 Å². The molecule has 0 aliphatic carbocycles. The SMILES string of the molecule is CCn1c(C)cc(/C=C2\SC(=O)N(CCOc3cccc(C)c3)C2=O)c1C. The third kappa shape index (κ3) is 4.11. The van der Waals surface area contributed by atoms with Crippen molar-refractivity contribution in [2.75, 3.05) is 13.2 Å². The molecule has 27 heavy (non-hydrogen) atoms. The molecule has 5 nitrogen and oxygen atoms in total. The predicted octanol–water partition coefficient (Wildman–Crippen LogP) is 4.55. The molecule has 1 aliphatic rings. The topological polar surface area (TPSA) is 51.5 Å². The minimum Gasteiger partial charge on any atom is -0.492 e. The Labute approximate surface area is 164 Å². The summed E-state index contributed by atoms with van der Waals surface area (Å²) in [5.74, 6) is 0.490. The van der Waals surface area contributed by atoms with E-state index in [9.17, 15) is 9.59 Å². The van der Waals surface area contributed by atoms with Crippen LogP contribution in [0.1, 0.15) is 29.4 Å². The molecule has 142 valence electrons. The highest BCUT2D eigenvalue weighted by Crippen LogP contribution is 2.33. The number of nitrogens with zero attached hydrogens (tertiary/aromatic N) is 2. The van der Waals surface area contributed by atoms with E-state index >= 15 is 0 Å². The van der Waals surface area contributed by atoms with Crippen LogP contribution in [-0.2, 0) is 11.3 Å². The Balaban J connectivity index is 1.68. The van der Waals surface area contributed by atoms with Gasteiger partial charge >= 0.3 is 0 Å². The number of aryl methyl sites for hydroxylation is 2. The van der Waals surface area contributed by atoms with Gasteiger partial charge in [-0.25, -0.2) is 0 Å². The van der Waals surface area contributed by atoms with Gasteiger partial charge in [-0.2, -0.15) is 0 Å². The number of aromatic nitrogens is 1. The lowest BCUT2D eigenvalue weighted by molar-refractivity contribution is -0.123. The van der Waals surface area contributed by atoms with Crippen LogP contribution in [0.4, 0.5) is 4.79 Å². The summed E-state index contributed by atoms with van der Waals surface area (Å²) < 4.78 is 7.86. The molecule has 0 saturated carbocycles. The van der Waals surface area contributed by atoms with Crippen LogP contribution < -0.4 is 4.74 Å². The van der Waals surface area contributed by atoms with Crippen LogP contribution in [0.3, 0.4) is 0 Å². The molecule has 1 fully saturated rings. The van der Waals surface area contributed by atoms with Gasteiger partial charge in [0, 0.05) is 17.9 Å². The van der Waals surface area contributed by atoms with Crippen molar-refractivity contribution in [2.45, 2.75) is 34.2 Å². The number of rotatable bonds is 6. The Kier molecular flexibility index (Phi) is 5.75. The molecule has 0 spiro atoms. The molecular formula is C21H24N2O3S. The molecular weight excluding hydrogens is 360 g/mol. The van der Waals surface area contributed by atoms with E-state index in [0.717, 1.165) is 46.6 Å². The van der Waals surface area contributed by atoms with Crippen molar-refractivity contribution < 1.29 is 14.3 Å². The summed E-state index contributed by atoms with van der Waals surface area (Å²) in [6.07, 6.45) is 1.82. The number of benzene rings is 1. The highest BCUT2D eigenvalue weighted by molar-refractivity contribution is 8.18. The number of ether oxygens (including phenoxy) is 1. The first-order chi connectivity index (χ1) is 12.9. The van der Waals surface area contributed by atoms with Gasteiger partial charge in [0.05, 0.1) is 11.4 Å². The van der Waals surface area contributed by atoms with Gasteiger partial charge in [-0.1, -0.05) is 12.1 Å². The highest BCUT2D eigenvalue weighted by atomic mass is 32.2. The van der Waals surface area contributed by atoms with Gasteiger partial charge in [-0.05, 0) is 74.9 Å². The highest BCUT2D eigenvalue weighted by Gasteiger charge is 2.35. The van der Waals surface area contributed by atoms with E-state index < -0.39 is 0 Å². The van der Waals surface area contributed by atoms with Crippen LogP contribution in [0.25, 0.3) is 6.08 Å². The number of imide groups is 1. The average molecular weight is 385 g/mol. The minimum atomic E-state index is -0.251. The number of carbonyl (C=O) groups is 2. The van der Waals surface area contributed by atoms with Crippen LogP contribution in [0.5, 0.6) is 5.75 Å². The zero-order valence-corrected chi connectivity index (χ0v) is 16.9. The van der Waals surface area contributed by atoms with E-state index in [2.05, 4.69) is 11.5 Å². The second-order valence-corrected chi connectivity index (χ2v) is 7.56. The van der Waals surface area contributed by atoms with Crippen molar-refractivity contribution in [1.82, 2.24) is 9.47 Å². The Morgan fingerprint density at radius 1 is 1.15 bits per heavy atom. The lowest BCUT2D eigenvalue weighted by Gasteiger charge is -2.13. The first kappa shape index (κ1) is 19.3. The number of hydrogen-bond donors (Lipinski definition) is 0. The number of amides is 2. The Hall–Kier alpha value is -2.47. The normalized spacial score (nSPS) is 15.9. The molecule has 2 aromatic rings. The van der Waals surface area contributed by atoms with E-state index in [1.54, 1.807) is 0 Å². The average Bonchev–Trinajstić information content (AvgIpc) is 3.04. The maximum Gasteiger partial charge on any atom is 0.293 e. The van der Waals surface area contributed by atoms with Gasteiger partial charge < -0.3 is 9.30 Å². The first-order valence-electron chi connectivity index (χ1n) is 9.02. The Morgan fingerprint density at radius 3 is 2.59 bits per heavy atom. The molecule has 3 rings (SSSR count). The lowest BCUT2D eigenvalue weighted by Crippen LogP contribution is -2.32. The Bertz CT molecular complexity index is 914. The largest absolute Gasteiger partial charge is 0.492 e. The fraction of sp³-hybridized carbons (Fsp3) is 0.333. The molecule has 0 N–H and O–H groups in total. The lowest BCUT2D eigenvalue weighted by atomic mass is 10.2. The molecule has 1 aliphatic heterocycles. The van der Waals surface area contributed by atoms with Crippen molar-refractivity contribution in [3.63, 3.8) is 0 Å². The summed E-state index contributed by atoms with van der Waals surface area (Å²) in [6.45, 7) is 9.55. The monoisotopic (exact) mass is 384 g/mol. The molecule has 0 bridgehead atoms. The summed E-state index contributed by atoms with van der Waals surface area (Å²) in [5, 5.41) is -0.247. The molecule has 0 radical (unpaired) electrons. The zero-order valence-electron chi connectivity index (χ0n) is 16.1. The summed E-state index contributed by atoms with van der Waals surface area (Å²) in [4.78, 5) is 26.6. The van der Waals surface area contributed by atoms with Crippen molar-refractivity contribution in [1.29, 1.82) is 0 Å². The van der Waals surface area contributed by atoms with Gasteiger partial charge in [0.15, 0.2) is 0 Å². The van der Waals surface area contributed by atoms with Crippen molar-refractivity contribution in [3.05, 3.63) is 57.8 Å². The van der Waals surface area contributed by atoms with E-state index in [1.165, 1.54) is 4.90 Å². The first-order valence-corrected chi connectivity index (χ1v) is 9.84. The number of carbonyl (C=O) groups excluding carboxylic acids is 2. The van der Waals surface area contributed by atoms with E-state index in [4.69, 9.17) is 4.74 Å². The van der Waals surface area contributed by atoms with E-state index in [-0.39, 0.29) is 24.3 Å². The summed E-state index contributed by atoms with van der Waals surface area (Å²) in [7, 11) is 0. The van der Waals surface area contributed by atoms with Crippen LogP contribution in [0, 0.1) is 20.8 Å². The van der Waals surface area contributed by atoms with Crippen LogP contribution in [0.2, 0.25) is 0 Å². The zero-order chi connectivity index (χ0) is 19.6. The third-order valence-corrected chi connectivity index (χ3v) is 5.57. The quantitative estimate of drug-likeness (QED) is 0.686. The number of hydrogen-bond acceptors (Lipinski definition) is 4. The smallest absolute Gasteiger partial charge is 0.293 e. The molecule has 0 atom stereocenters. The molecule has 2 amide bonds. The van der Waals surface area contributed by atoms with Gasteiger partial charge in [-0.15, -0.1) is 0 Å². The van der Waals surface area contributed by atoms with Crippen LogP contribution in [0.15, 0.2) is 35.2 Å². The van der Waals surface area contributed by atoms with Crippen molar-refractivity contribution in [3.8, 4) is 5.75 Å². The molecule has 0 unspecified atom stereocenters. The minimum absolute atomic E-state index is 0.240. The molecule has 1 aromatic carbocycles. The van der Waals surface area contributed by atoms with Crippen LogP contribution in [-0.4, -0.2) is 33.8 Å². The maximum absolute atomic E-state index is 12.6. The van der Waals surface area contributed by atoms with Gasteiger partial charge in [0.1, 0.15) is 12.4 Å². The second-order valence-electron chi connectivity index (χ2n) is 6.57. The summed E-state index contributed by atoms with van der Waals surface area (Å²) in [5.41, 5.74) is 4.33. The van der Waals surface area contributed by atoms with Gasteiger partial charge in [-0.3, -0.25) is 14.5 Å². The third-order valence-electron chi connectivity index (χ3n) is 4.66. The van der Waals surface area contributed by atoms with Crippen molar-refractivity contribution >= 4 is 29.0 Å². The number of thioether (sulfide) groups is 1.